The largest absolute Gasteiger partial charge is 0.507 e. The van der Waals surface area contributed by atoms with Gasteiger partial charge in [0.2, 0.25) is 11.7 Å². The van der Waals surface area contributed by atoms with Gasteiger partial charge < -0.3 is 20.1 Å². The quantitative estimate of drug-likeness (QED) is 0.829. The number of hydrogen-bond donors (Lipinski definition) is 2. The van der Waals surface area contributed by atoms with Crippen molar-refractivity contribution in [2.24, 2.45) is 5.73 Å². The summed E-state index contributed by atoms with van der Waals surface area (Å²) in [7, 11) is 0. The van der Waals surface area contributed by atoms with Crippen molar-refractivity contribution in [3.05, 3.63) is 24.1 Å². The Morgan fingerprint density at radius 1 is 1.47 bits per heavy atom. The molecule has 0 aliphatic rings. The minimum Gasteiger partial charge on any atom is -0.507 e. The number of phenolic OH excluding ortho intramolecular Hbond substituents is 1. The molecule has 0 saturated carbocycles. The molecule has 1 aromatic heterocycles. The van der Waals surface area contributed by atoms with E-state index >= 15 is 0 Å². The molecule has 1 heterocycles. The van der Waals surface area contributed by atoms with Gasteiger partial charge in [-0.1, -0.05) is 11.2 Å². The number of rotatable bonds is 4. The molecule has 2 aromatic rings. The number of benzene rings is 1. The second-order valence-corrected chi connectivity index (χ2v) is 3.30. The molecular formula is C11H13N3O3. The molecule has 0 aliphatic heterocycles. The first kappa shape index (κ1) is 11.4. The van der Waals surface area contributed by atoms with E-state index in [-0.39, 0.29) is 18.1 Å². The SMILES string of the molecule is CCOc1cccc(O)c1-c1noc(CN)n1. The molecule has 0 saturated heterocycles. The summed E-state index contributed by atoms with van der Waals surface area (Å²) in [6.07, 6.45) is 0. The van der Waals surface area contributed by atoms with Crippen molar-refractivity contribution in [3.63, 3.8) is 0 Å². The van der Waals surface area contributed by atoms with Crippen molar-refractivity contribution in [2.75, 3.05) is 6.61 Å². The number of nitrogens with two attached hydrogens (primary N) is 1. The van der Waals surface area contributed by atoms with E-state index in [1.165, 1.54) is 6.07 Å². The first-order chi connectivity index (χ1) is 8.26. The summed E-state index contributed by atoms with van der Waals surface area (Å²) < 4.78 is 10.3. The van der Waals surface area contributed by atoms with Gasteiger partial charge in [0.25, 0.3) is 0 Å². The molecule has 17 heavy (non-hydrogen) atoms. The molecule has 2 rings (SSSR count). The topological polar surface area (TPSA) is 94.4 Å². The van der Waals surface area contributed by atoms with Crippen LogP contribution in [-0.4, -0.2) is 21.9 Å². The highest BCUT2D eigenvalue weighted by molar-refractivity contribution is 5.71. The third kappa shape index (κ3) is 2.21. The number of phenols is 1. The zero-order chi connectivity index (χ0) is 12.3. The van der Waals surface area contributed by atoms with Crippen molar-refractivity contribution in [1.82, 2.24) is 10.1 Å². The summed E-state index contributed by atoms with van der Waals surface area (Å²) in [6, 6.07) is 4.96. The van der Waals surface area contributed by atoms with Gasteiger partial charge >= 0.3 is 0 Å². The Morgan fingerprint density at radius 2 is 2.29 bits per heavy atom. The monoisotopic (exact) mass is 235 g/mol. The van der Waals surface area contributed by atoms with Gasteiger partial charge in [-0.15, -0.1) is 0 Å². The Balaban J connectivity index is 2.48. The maximum absolute atomic E-state index is 9.82. The van der Waals surface area contributed by atoms with E-state index in [4.69, 9.17) is 15.0 Å². The Bertz CT molecular complexity index is 510. The molecule has 6 heteroatoms. The summed E-state index contributed by atoms with van der Waals surface area (Å²) in [5.41, 5.74) is 5.80. The molecule has 0 fully saturated rings. The molecule has 6 nitrogen and oxygen atoms in total. The minimum absolute atomic E-state index is 0.0420. The highest BCUT2D eigenvalue weighted by Gasteiger charge is 2.17. The van der Waals surface area contributed by atoms with E-state index in [9.17, 15) is 5.11 Å². The summed E-state index contributed by atoms with van der Waals surface area (Å²) in [6.45, 7) is 2.50. The van der Waals surface area contributed by atoms with Crippen LogP contribution in [0.2, 0.25) is 0 Å². The average Bonchev–Trinajstić information content (AvgIpc) is 2.78. The van der Waals surface area contributed by atoms with E-state index in [0.717, 1.165) is 0 Å². The molecule has 3 N–H and O–H groups in total. The summed E-state index contributed by atoms with van der Waals surface area (Å²) >= 11 is 0. The standard InChI is InChI=1S/C11H13N3O3/c1-2-16-8-5-3-4-7(15)10(8)11-13-9(6-12)17-14-11/h3-5,15H,2,6,12H2,1H3. The van der Waals surface area contributed by atoms with Crippen molar-refractivity contribution >= 4 is 0 Å². The fraction of sp³-hybridized carbons (Fsp3) is 0.273. The van der Waals surface area contributed by atoms with Crippen LogP contribution in [0.5, 0.6) is 11.5 Å². The highest BCUT2D eigenvalue weighted by Crippen LogP contribution is 2.35. The lowest BCUT2D eigenvalue weighted by atomic mass is 10.1. The minimum atomic E-state index is 0.0420. The predicted octanol–water partition coefficient (Wildman–Crippen LogP) is 1.30. The van der Waals surface area contributed by atoms with Crippen LogP contribution in [0.3, 0.4) is 0 Å². The molecule has 90 valence electrons. The zero-order valence-electron chi connectivity index (χ0n) is 9.38. The van der Waals surface area contributed by atoms with E-state index in [2.05, 4.69) is 10.1 Å². The first-order valence-corrected chi connectivity index (χ1v) is 5.24. The van der Waals surface area contributed by atoms with Gasteiger partial charge in [0.15, 0.2) is 0 Å². The van der Waals surface area contributed by atoms with Crippen molar-refractivity contribution in [1.29, 1.82) is 0 Å². The number of aromatic hydroxyl groups is 1. The maximum atomic E-state index is 9.82. The molecule has 0 amide bonds. The maximum Gasteiger partial charge on any atom is 0.240 e. The Kier molecular flexibility index (Phi) is 3.24. The normalized spacial score (nSPS) is 10.5. The van der Waals surface area contributed by atoms with E-state index < -0.39 is 0 Å². The fourth-order valence-corrected chi connectivity index (χ4v) is 1.46. The van der Waals surface area contributed by atoms with Crippen LogP contribution in [0.4, 0.5) is 0 Å². The van der Waals surface area contributed by atoms with Crippen molar-refractivity contribution in [2.45, 2.75) is 13.5 Å². The number of ether oxygens (including phenoxy) is 1. The summed E-state index contributed by atoms with van der Waals surface area (Å²) in [5, 5.41) is 13.6. The molecule has 0 spiro atoms. The molecule has 0 aliphatic carbocycles. The van der Waals surface area contributed by atoms with Crippen LogP contribution in [0.25, 0.3) is 11.4 Å². The zero-order valence-corrected chi connectivity index (χ0v) is 9.38. The smallest absolute Gasteiger partial charge is 0.240 e. The van der Waals surface area contributed by atoms with Gasteiger partial charge in [0.05, 0.1) is 13.2 Å². The van der Waals surface area contributed by atoms with E-state index in [1.807, 2.05) is 6.92 Å². The second-order valence-electron chi connectivity index (χ2n) is 3.30. The predicted molar refractivity (Wildman–Crippen MR) is 60.5 cm³/mol. The highest BCUT2D eigenvalue weighted by atomic mass is 16.5. The van der Waals surface area contributed by atoms with Crippen molar-refractivity contribution < 1.29 is 14.4 Å². The van der Waals surface area contributed by atoms with Crippen LogP contribution >= 0.6 is 0 Å². The Labute approximate surface area is 98.0 Å². The van der Waals surface area contributed by atoms with Crippen LogP contribution in [0.1, 0.15) is 12.8 Å². The first-order valence-electron chi connectivity index (χ1n) is 5.24. The van der Waals surface area contributed by atoms with Crippen LogP contribution in [-0.2, 0) is 6.54 Å². The fourth-order valence-electron chi connectivity index (χ4n) is 1.46. The van der Waals surface area contributed by atoms with Gasteiger partial charge in [0.1, 0.15) is 17.1 Å². The van der Waals surface area contributed by atoms with Gasteiger partial charge in [0, 0.05) is 0 Å². The molecular weight excluding hydrogens is 222 g/mol. The van der Waals surface area contributed by atoms with Crippen LogP contribution in [0.15, 0.2) is 22.7 Å². The Hall–Kier alpha value is -2.08. The Morgan fingerprint density at radius 3 is 2.94 bits per heavy atom. The van der Waals surface area contributed by atoms with Gasteiger partial charge in [-0.3, -0.25) is 0 Å². The third-order valence-electron chi connectivity index (χ3n) is 2.17. The molecule has 0 atom stereocenters. The van der Waals surface area contributed by atoms with E-state index in [0.29, 0.717) is 23.8 Å². The number of hydrogen-bond acceptors (Lipinski definition) is 6. The van der Waals surface area contributed by atoms with Gasteiger partial charge in [-0.25, -0.2) is 0 Å². The van der Waals surface area contributed by atoms with E-state index in [1.54, 1.807) is 12.1 Å². The molecule has 0 bridgehead atoms. The second kappa shape index (κ2) is 4.84. The molecule has 1 aromatic carbocycles. The number of nitrogens with zero attached hydrogens (tertiary/aromatic N) is 2. The molecule has 0 unspecified atom stereocenters. The van der Waals surface area contributed by atoms with Crippen LogP contribution in [0, 0.1) is 0 Å². The lowest BCUT2D eigenvalue weighted by Gasteiger charge is -2.08. The molecule has 0 radical (unpaired) electrons. The average molecular weight is 235 g/mol. The van der Waals surface area contributed by atoms with Crippen molar-refractivity contribution in [3.8, 4) is 22.9 Å². The van der Waals surface area contributed by atoms with Gasteiger partial charge in [-0.05, 0) is 19.1 Å². The summed E-state index contributed by atoms with van der Waals surface area (Å²) in [5.74, 6) is 1.13. The van der Waals surface area contributed by atoms with Gasteiger partial charge in [-0.2, -0.15) is 4.98 Å². The lowest BCUT2D eigenvalue weighted by molar-refractivity contribution is 0.338. The van der Waals surface area contributed by atoms with Crippen LogP contribution < -0.4 is 10.5 Å². The lowest BCUT2D eigenvalue weighted by Crippen LogP contribution is -1.97. The number of aromatic nitrogens is 2. The summed E-state index contributed by atoms with van der Waals surface area (Å²) in [4.78, 5) is 4.06. The third-order valence-corrected chi connectivity index (χ3v) is 2.17.